The molecule has 0 saturated heterocycles. The van der Waals surface area contributed by atoms with Crippen LogP contribution >= 0.6 is 0 Å². The number of amides is 1. The van der Waals surface area contributed by atoms with Crippen LogP contribution < -0.4 is 14.8 Å². The number of aromatic nitrogens is 1. The Morgan fingerprint density at radius 1 is 1.04 bits per heavy atom. The lowest BCUT2D eigenvalue weighted by Gasteiger charge is -2.18. The zero-order valence-corrected chi connectivity index (χ0v) is 12.8. The molecule has 1 amide bonds. The largest absolute Gasteiger partial charge is 0.486 e. The van der Waals surface area contributed by atoms with E-state index < -0.39 is 0 Å². The van der Waals surface area contributed by atoms with E-state index in [0.29, 0.717) is 36.1 Å². The number of hydrogen-bond donors (Lipinski definition) is 1. The van der Waals surface area contributed by atoms with Gasteiger partial charge in [-0.05, 0) is 31.4 Å². The second-order valence-electron chi connectivity index (χ2n) is 5.81. The fourth-order valence-corrected chi connectivity index (χ4v) is 3.05. The van der Waals surface area contributed by atoms with Crippen LogP contribution in [-0.4, -0.2) is 24.3 Å². The molecule has 0 unspecified atom stereocenters. The van der Waals surface area contributed by atoms with Gasteiger partial charge in [-0.1, -0.05) is 11.6 Å². The molecule has 0 radical (unpaired) electrons. The van der Waals surface area contributed by atoms with Crippen molar-refractivity contribution in [3.8, 4) is 11.5 Å². The first kappa shape index (κ1) is 14.1. The summed E-state index contributed by atoms with van der Waals surface area (Å²) in [5, 5.41) is 6.85. The number of fused-ring (bicyclic) bond motifs is 2. The van der Waals surface area contributed by atoms with Crippen molar-refractivity contribution in [1.82, 2.24) is 5.16 Å². The molecule has 1 aromatic heterocycles. The Kier molecular flexibility index (Phi) is 3.65. The van der Waals surface area contributed by atoms with Crippen LogP contribution in [0.4, 0.5) is 5.69 Å². The first-order valence-corrected chi connectivity index (χ1v) is 8.00. The van der Waals surface area contributed by atoms with Crippen molar-refractivity contribution in [2.45, 2.75) is 32.1 Å². The minimum absolute atomic E-state index is 0.242. The second-order valence-corrected chi connectivity index (χ2v) is 5.81. The molecule has 6 heteroatoms. The number of ether oxygens (including phenoxy) is 2. The third-order valence-corrected chi connectivity index (χ3v) is 4.22. The fourth-order valence-electron chi connectivity index (χ4n) is 3.05. The maximum Gasteiger partial charge on any atom is 0.278 e. The predicted octanol–water partition coefficient (Wildman–Crippen LogP) is 2.97. The summed E-state index contributed by atoms with van der Waals surface area (Å²) in [6, 6.07) is 5.36. The highest BCUT2D eigenvalue weighted by Crippen LogP contribution is 2.33. The van der Waals surface area contributed by atoms with Crippen molar-refractivity contribution in [1.29, 1.82) is 0 Å². The summed E-state index contributed by atoms with van der Waals surface area (Å²) in [6.45, 7) is 1.06. The van der Waals surface area contributed by atoms with Gasteiger partial charge < -0.3 is 19.3 Å². The Hall–Kier alpha value is -2.50. The van der Waals surface area contributed by atoms with Crippen molar-refractivity contribution in [2.24, 2.45) is 0 Å². The summed E-state index contributed by atoms with van der Waals surface area (Å²) in [5.74, 6) is 1.96. The van der Waals surface area contributed by atoms with Crippen molar-refractivity contribution < 1.29 is 18.8 Å². The van der Waals surface area contributed by atoms with Crippen LogP contribution in [0.5, 0.6) is 11.5 Å². The normalized spacial score (nSPS) is 16.3. The predicted molar refractivity (Wildman–Crippen MR) is 83.1 cm³/mol. The van der Waals surface area contributed by atoms with Gasteiger partial charge in [-0.3, -0.25) is 4.79 Å². The highest BCUT2D eigenvalue weighted by atomic mass is 16.6. The number of benzene rings is 1. The molecule has 0 spiro atoms. The number of carbonyl (C=O) groups is 1. The minimum atomic E-state index is -0.242. The summed E-state index contributed by atoms with van der Waals surface area (Å²) in [6.07, 6.45) is 5.03. The number of aryl methyl sites for hydroxylation is 1. The highest BCUT2D eigenvalue weighted by Gasteiger charge is 2.23. The Labute approximate surface area is 133 Å². The van der Waals surface area contributed by atoms with Crippen LogP contribution in [0.25, 0.3) is 0 Å². The van der Waals surface area contributed by atoms with E-state index in [2.05, 4.69) is 10.5 Å². The van der Waals surface area contributed by atoms with E-state index in [9.17, 15) is 4.79 Å². The van der Waals surface area contributed by atoms with Crippen molar-refractivity contribution in [3.63, 3.8) is 0 Å². The number of nitrogens with one attached hydrogen (secondary N) is 1. The van der Waals surface area contributed by atoms with Gasteiger partial charge in [-0.25, -0.2) is 0 Å². The van der Waals surface area contributed by atoms with Crippen molar-refractivity contribution in [3.05, 3.63) is 35.2 Å². The number of rotatable bonds is 2. The van der Waals surface area contributed by atoms with Gasteiger partial charge in [0, 0.05) is 23.7 Å². The lowest BCUT2D eigenvalue weighted by Crippen LogP contribution is -2.17. The molecule has 0 fully saturated rings. The Morgan fingerprint density at radius 2 is 1.87 bits per heavy atom. The van der Waals surface area contributed by atoms with E-state index in [4.69, 9.17) is 14.0 Å². The van der Waals surface area contributed by atoms with Gasteiger partial charge in [0.1, 0.15) is 19.0 Å². The first-order chi connectivity index (χ1) is 11.3. The zero-order valence-electron chi connectivity index (χ0n) is 12.8. The van der Waals surface area contributed by atoms with Crippen molar-refractivity contribution in [2.75, 3.05) is 18.5 Å². The maximum absolute atomic E-state index is 12.5. The standard InChI is InChI=1S/C17H18N2O4/c20-17(16-12-4-2-1-3-5-13(12)23-19-16)18-11-6-7-14-15(10-11)22-9-8-21-14/h6-7,10H,1-5,8-9H2,(H,18,20). The van der Waals surface area contributed by atoms with E-state index in [1.807, 2.05) is 0 Å². The summed E-state index contributed by atoms with van der Waals surface area (Å²) in [4.78, 5) is 12.5. The molecule has 0 atom stereocenters. The Morgan fingerprint density at radius 3 is 2.78 bits per heavy atom. The van der Waals surface area contributed by atoms with Crippen LogP contribution in [0.2, 0.25) is 0 Å². The summed E-state index contributed by atoms with van der Waals surface area (Å²) in [5.41, 5.74) is 2.01. The topological polar surface area (TPSA) is 73.6 Å². The second kappa shape index (κ2) is 5.95. The van der Waals surface area contributed by atoms with Gasteiger partial charge in [0.05, 0.1) is 0 Å². The van der Waals surface area contributed by atoms with Crippen molar-refractivity contribution >= 4 is 11.6 Å². The quantitative estimate of drug-likeness (QED) is 0.863. The fraction of sp³-hybridized carbons (Fsp3) is 0.412. The molecule has 1 aromatic carbocycles. The summed E-state index contributed by atoms with van der Waals surface area (Å²) >= 11 is 0. The van der Waals surface area contributed by atoms with E-state index in [0.717, 1.165) is 43.4 Å². The molecule has 2 heterocycles. The molecule has 0 saturated carbocycles. The average Bonchev–Trinajstić information content (AvgIpc) is 2.84. The summed E-state index contributed by atoms with van der Waals surface area (Å²) < 4.78 is 16.4. The summed E-state index contributed by atoms with van der Waals surface area (Å²) in [7, 11) is 0. The molecule has 23 heavy (non-hydrogen) atoms. The van der Waals surface area contributed by atoms with Crippen LogP contribution in [-0.2, 0) is 12.8 Å². The number of hydrogen-bond acceptors (Lipinski definition) is 5. The molecule has 1 aliphatic heterocycles. The number of anilines is 1. The smallest absolute Gasteiger partial charge is 0.278 e. The molecule has 2 aliphatic rings. The Bertz CT molecular complexity index is 738. The number of carbonyl (C=O) groups excluding carboxylic acids is 1. The van der Waals surface area contributed by atoms with E-state index in [1.165, 1.54) is 0 Å². The average molecular weight is 314 g/mol. The highest BCUT2D eigenvalue weighted by molar-refractivity contribution is 6.04. The SMILES string of the molecule is O=C(Nc1ccc2c(c1)OCCO2)c1noc2c1CCCCC2. The molecule has 4 rings (SSSR count). The van der Waals surface area contributed by atoms with Gasteiger partial charge in [-0.2, -0.15) is 0 Å². The molecular weight excluding hydrogens is 296 g/mol. The van der Waals surface area contributed by atoms with E-state index in [1.54, 1.807) is 18.2 Å². The van der Waals surface area contributed by atoms with Gasteiger partial charge in [-0.15, -0.1) is 0 Å². The number of nitrogens with zero attached hydrogens (tertiary/aromatic N) is 1. The van der Waals surface area contributed by atoms with E-state index in [-0.39, 0.29) is 5.91 Å². The minimum Gasteiger partial charge on any atom is -0.486 e. The third kappa shape index (κ3) is 2.76. The Balaban J connectivity index is 1.55. The monoisotopic (exact) mass is 314 g/mol. The van der Waals surface area contributed by atoms with Crippen LogP contribution in [0.15, 0.2) is 22.7 Å². The van der Waals surface area contributed by atoms with Gasteiger partial charge in [0.15, 0.2) is 17.2 Å². The van der Waals surface area contributed by atoms with Crippen LogP contribution in [0, 0.1) is 0 Å². The van der Waals surface area contributed by atoms with E-state index >= 15 is 0 Å². The van der Waals surface area contributed by atoms with Crippen LogP contribution in [0.3, 0.4) is 0 Å². The molecule has 1 N–H and O–H groups in total. The molecule has 6 nitrogen and oxygen atoms in total. The molecule has 120 valence electrons. The van der Waals surface area contributed by atoms with Gasteiger partial charge >= 0.3 is 0 Å². The first-order valence-electron chi connectivity index (χ1n) is 8.00. The molecule has 2 aromatic rings. The molecular formula is C17H18N2O4. The lowest BCUT2D eigenvalue weighted by atomic mass is 10.1. The maximum atomic E-state index is 12.5. The van der Waals surface area contributed by atoms with Gasteiger partial charge in [0.25, 0.3) is 5.91 Å². The zero-order chi connectivity index (χ0) is 15.6. The lowest BCUT2D eigenvalue weighted by molar-refractivity contribution is 0.101. The molecule has 1 aliphatic carbocycles. The van der Waals surface area contributed by atoms with Gasteiger partial charge in [0.2, 0.25) is 0 Å². The third-order valence-electron chi connectivity index (χ3n) is 4.22. The van der Waals surface area contributed by atoms with Crippen LogP contribution in [0.1, 0.15) is 41.1 Å². The molecule has 0 bridgehead atoms.